The summed E-state index contributed by atoms with van der Waals surface area (Å²) in [5.74, 6) is 3.96. The van der Waals surface area contributed by atoms with Crippen molar-refractivity contribution in [3.8, 4) is 51.3 Å². The SMILES string of the molecule is NCc1cccc(N)n1.Nc1cccc(Cn2c(-c3ccc(Oc4ccccc4)cc3)ccc2-c2ccccc2Cl)n1.O=C(CCC(=O)c1ccccc1Cl)c1ccc(Br)cc1.O=C(CCC(=O)c1ccccc1Cl)c1ccc(Oc2ccccc2)cc1.Oc1ccccc1. The Balaban J connectivity index is 0.000000166. The normalized spacial score (nSPS) is 10.3. The molecule has 3 heterocycles. The number of carbonyl (C=O) groups excluding carboxylic acids is 4. The van der Waals surface area contributed by atoms with E-state index in [-0.39, 0.29) is 48.8 Å². The van der Waals surface area contributed by atoms with Crippen LogP contribution in [0.1, 0.15) is 78.5 Å². The van der Waals surface area contributed by atoms with Gasteiger partial charge in [-0.2, -0.15) is 0 Å². The average Bonchev–Trinajstić information content (AvgIpc) is 1.67. The van der Waals surface area contributed by atoms with Crippen LogP contribution in [0.2, 0.25) is 15.1 Å². The Labute approximate surface area is 575 Å². The molecule has 0 bridgehead atoms. The van der Waals surface area contributed by atoms with E-state index < -0.39 is 0 Å². The lowest BCUT2D eigenvalue weighted by Crippen LogP contribution is -2.06. The van der Waals surface area contributed by atoms with Gasteiger partial charge < -0.3 is 36.3 Å². The van der Waals surface area contributed by atoms with Gasteiger partial charge in [-0.3, -0.25) is 19.2 Å². The molecular weight excluding hydrogens is 1320 g/mol. The summed E-state index contributed by atoms with van der Waals surface area (Å²) in [6, 6.07) is 86.9. The second-order valence-electron chi connectivity index (χ2n) is 20.9. The van der Waals surface area contributed by atoms with Crippen LogP contribution in [-0.4, -0.2) is 42.8 Å². The molecule has 0 atom stereocenters. The fraction of sp³-hybridized carbons (Fsp3) is 0.0769. The van der Waals surface area contributed by atoms with Crippen LogP contribution in [0.5, 0.6) is 28.7 Å². The number of ketones is 4. The summed E-state index contributed by atoms with van der Waals surface area (Å²) in [6.45, 7) is 1.02. The van der Waals surface area contributed by atoms with Gasteiger partial charge in [0.05, 0.1) is 33.7 Å². The monoisotopic (exact) mass is 1380 g/mol. The number of ether oxygens (including phenoxy) is 2. The van der Waals surface area contributed by atoms with Gasteiger partial charge in [-0.15, -0.1) is 0 Å². The highest BCUT2D eigenvalue weighted by Gasteiger charge is 2.18. The number of phenolic OH excluding ortho intramolecular Hbond substituents is 1. The molecule has 0 aliphatic heterocycles. The number of phenols is 1. The van der Waals surface area contributed by atoms with E-state index in [9.17, 15) is 19.2 Å². The zero-order valence-corrected chi connectivity index (χ0v) is 55.2. The number of benzene rings is 9. The molecule has 0 aliphatic carbocycles. The number of carbonyl (C=O) groups is 4. The number of nitrogens with two attached hydrogens (primary N) is 3. The fourth-order valence-electron chi connectivity index (χ4n) is 9.26. The van der Waals surface area contributed by atoms with Gasteiger partial charge in [0, 0.05) is 75.2 Å². The van der Waals surface area contributed by atoms with Crippen LogP contribution in [-0.2, 0) is 13.1 Å². The highest BCUT2D eigenvalue weighted by atomic mass is 79.9. The minimum atomic E-state index is -0.131. The first-order valence-electron chi connectivity index (χ1n) is 30.0. The zero-order chi connectivity index (χ0) is 67.3. The number of aromatic hydroxyl groups is 1. The molecule has 478 valence electrons. The van der Waals surface area contributed by atoms with Gasteiger partial charge in [0.1, 0.15) is 40.4 Å². The summed E-state index contributed by atoms with van der Waals surface area (Å²) in [7, 11) is 0. The van der Waals surface area contributed by atoms with E-state index >= 15 is 0 Å². The molecule has 0 aliphatic rings. The van der Waals surface area contributed by atoms with Crippen molar-refractivity contribution in [1.82, 2.24) is 14.5 Å². The van der Waals surface area contributed by atoms with Crippen LogP contribution in [0, 0.1) is 0 Å². The van der Waals surface area contributed by atoms with Gasteiger partial charge in [0.25, 0.3) is 0 Å². The number of hydrogen-bond acceptors (Lipinski definition) is 12. The van der Waals surface area contributed by atoms with Gasteiger partial charge >= 0.3 is 0 Å². The fourth-order valence-corrected chi connectivity index (χ4v) is 10.2. The first kappa shape index (κ1) is 70.4. The van der Waals surface area contributed by atoms with Gasteiger partial charge in [0.15, 0.2) is 23.1 Å². The van der Waals surface area contributed by atoms with Crippen LogP contribution in [0.15, 0.2) is 290 Å². The van der Waals surface area contributed by atoms with Crippen molar-refractivity contribution in [2.24, 2.45) is 5.73 Å². The number of rotatable bonds is 19. The molecule has 0 fully saturated rings. The molecule has 0 unspecified atom stereocenters. The maximum atomic E-state index is 12.3. The van der Waals surface area contributed by atoms with E-state index in [0.717, 1.165) is 55.6 Å². The van der Waals surface area contributed by atoms with E-state index in [1.54, 1.807) is 121 Å². The highest BCUT2D eigenvalue weighted by Crippen LogP contribution is 2.35. The molecule has 9 aromatic carbocycles. The van der Waals surface area contributed by atoms with Crippen LogP contribution in [0.4, 0.5) is 11.6 Å². The summed E-state index contributed by atoms with van der Waals surface area (Å²) in [4.78, 5) is 56.9. The molecule has 0 amide bonds. The average molecular weight is 1390 g/mol. The van der Waals surface area contributed by atoms with Crippen molar-refractivity contribution in [3.05, 3.63) is 338 Å². The topological polar surface area (TPSA) is 216 Å². The number of nitrogen functional groups attached to an aromatic ring is 2. The van der Waals surface area contributed by atoms with Gasteiger partial charge in [-0.05, 0) is 169 Å². The predicted octanol–water partition coefficient (Wildman–Crippen LogP) is 19.7. The minimum absolute atomic E-state index is 0.0436. The van der Waals surface area contributed by atoms with Crippen LogP contribution in [0.3, 0.4) is 0 Å². The molecule has 13 nitrogen and oxygen atoms in total. The molecule has 0 saturated carbocycles. The largest absolute Gasteiger partial charge is 0.508 e. The van der Waals surface area contributed by atoms with Crippen LogP contribution in [0.25, 0.3) is 22.5 Å². The van der Waals surface area contributed by atoms with Crippen molar-refractivity contribution in [1.29, 1.82) is 0 Å². The molecule has 0 spiro atoms. The first-order chi connectivity index (χ1) is 46.1. The highest BCUT2D eigenvalue weighted by molar-refractivity contribution is 9.10. The predicted molar refractivity (Wildman–Crippen MR) is 385 cm³/mol. The Hall–Kier alpha value is -10.5. The molecule has 12 rings (SSSR count). The van der Waals surface area contributed by atoms with Crippen LogP contribution < -0.4 is 26.7 Å². The number of Topliss-reactive ketones (excluding diaryl/α,β-unsaturated/α-hetero) is 4. The third kappa shape index (κ3) is 22.4. The first-order valence-corrected chi connectivity index (χ1v) is 31.9. The van der Waals surface area contributed by atoms with Crippen LogP contribution >= 0.6 is 50.7 Å². The maximum absolute atomic E-state index is 12.3. The number of nitrogens with zero attached hydrogens (tertiary/aromatic N) is 3. The molecule has 7 N–H and O–H groups in total. The molecule has 12 aromatic rings. The zero-order valence-electron chi connectivity index (χ0n) is 51.4. The summed E-state index contributed by atoms with van der Waals surface area (Å²) < 4.78 is 14.8. The smallest absolute Gasteiger partial charge is 0.164 e. The Morgan fingerprint density at radius 2 is 0.789 bits per heavy atom. The summed E-state index contributed by atoms with van der Waals surface area (Å²) >= 11 is 21.8. The van der Waals surface area contributed by atoms with Crippen molar-refractivity contribution in [3.63, 3.8) is 0 Å². The van der Waals surface area contributed by atoms with E-state index in [2.05, 4.69) is 54.7 Å². The number of para-hydroxylation sites is 3. The Bertz CT molecular complexity index is 4430. The molecule has 0 radical (unpaired) electrons. The maximum Gasteiger partial charge on any atom is 0.164 e. The second-order valence-corrected chi connectivity index (χ2v) is 23.0. The van der Waals surface area contributed by atoms with Crippen molar-refractivity contribution in [2.75, 3.05) is 11.5 Å². The summed E-state index contributed by atoms with van der Waals surface area (Å²) in [5.41, 5.74) is 24.5. The number of aromatic nitrogens is 3. The van der Waals surface area contributed by atoms with Crippen molar-refractivity contribution < 1.29 is 33.8 Å². The molecular formula is C78H66BrCl3N6O7. The number of pyridine rings is 2. The van der Waals surface area contributed by atoms with Crippen molar-refractivity contribution >= 4 is 85.5 Å². The Morgan fingerprint density at radius 1 is 0.400 bits per heavy atom. The summed E-state index contributed by atoms with van der Waals surface area (Å²) in [5, 5.41) is 10.2. The molecule has 0 saturated heterocycles. The molecule has 95 heavy (non-hydrogen) atoms. The van der Waals surface area contributed by atoms with Gasteiger partial charge in [-0.1, -0.05) is 172 Å². The van der Waals surface area contributed by atoms with Crippen molar-refractivity contribution in [2.45, 2.75) is 38.8 Å². The minimum Gasteiger partial charge on any atom is -0.508 e. The molecule has 17 heteroatoms. The number of hydrogen-bond donors (Lipinski definition) is 4. The lowest BCUT2D eigenvalue weighted by Gasteiger charge is -2.15. The van der Waals surface area contributed by atoms with E-state index in [1.807, 2.05) is 140 Å². The quantitative estimate of drug-likeness (QED) is 0.0556. The third-order valence-corrected chi connectivity index (χ3v) is 15.5. The van der Waals surface area contributed by atoms with E-state index in [1.165, 1.54) is 0 Å². The standard InChI is InChI=1S/C28H22ClN3O.C22H17ClO3.C16H12BrClO2.C6H9N3.C6H6O/c29-25-11-5-4-10-24(25)27-18-17-26(32(27)19-21-7-6-12-28(30)31-21)20-13-15-23(16-14-20)33-22-8-2-1-3-9-22;23-20-9-5-4-8-19(20)22(25)15-14-21(24)16-10-12-18(13-11-16)26-17-6-2-1-3-7-17;17-12-7-5-11(6-8-12)15(19)9-10-16(20)13-3-1-2-4-14(13)18;7-4-5-2-1-3-6(8)9-5;7-6-4-2-1-3-5-6/h1-18H,19H2,(H2,30,31);1-13H,14-15H2;1-8H,9-10H2;1-3H,4,7H2,(H2,8,9);1-5,7H. The Kier molecular flexibility index (Phi) is 27.2. The summed E-state index contributed by atoms with van der Waals surface area (Å²) in [6.07, 6.45) is 0.623. The van der Waals surface area contributed by atoms with E-state index in [4.69, 9.17) is 66.6 Å². The number of anilines is 2. The third-order valence-electron chi connectivity index (χ3n) is 14.0. The second kappa shape index (κ2) is 36.7. The van der Waals surface area contributed by atoms with E-state index in [0.29, 0.717) is 73.5 Å². The lowest BCUT2D eigenvalue weighted by atomic mass is 10.0. The lowest BCUT2D eigenvalue weighted by molar-refractivity contribution is 0.0917. The number of halogens is 4. The molecule has 3 aromatic heterocycles. The van der Waals surface area contributed by atoms with Gasteiger partial charge in [0.2, 0.25) is 0 Å². The van der Waals surface area contributed by atoms with Gasteiger partial charge in [-0.25, -0.2) is 9.97 Å². The Morgan fingerprint density at radius 3 is 1.23 bits per heavy atom.